The summed E-state index contributed by atoms with van der Waals surface area (Å²) in [7, 11) is 0. The first kappa shape index (κ1) is 12.2. The van der Waals surface area contributed by atoms with Crippen LogP contribution in [0.2, 0.25) is 0 Å². The normalized spacial score (nSPS) is 13.4. The van der Waals surface area contributed by atoms with E-state index in [1.807, 2.05) is 0 Å². The number of carboxylic acids is 1. The molecule has 0 saturated heterocycles. The van der Waals surface area contributed by atoms with Crippen molar-refractivity contribution in [3.05, 3.63) is 28.9 Å². The Morgan fingerprint density at radius 3 is 2.62 bits per heavy atom. The molecule has 0 fully saturated rings. The minimum absolute atomic E-state index is 0.603. The summed E-state index contributed by atoms with van der Waals surface area (Å²) in [5.74, 6) is -4.64. The zero-order valence-corrected chi connectivity index (χ0v) is 7.81. The van der Waals surface area contributed by atoms with Gasteiger partial charge in [-0.05, 0) is 6.07 Å². The molecule has 5 nitrogen and oxygen atoms in total. The molecular formula is C8H7F3N2O3. The maximum absolute atomic E-state index is 12.3. The molecule has 1 heterocycles. The Balaban J connectivity index is 2.98. The van der Waals surface area contributed by atoms with Gasteiger partial charge in [0.05, 0.1) is 0 Å². The van der Waals surface area contributed by atoms with E-state index in [9.17, 15) is 22.8 Å². The smallest absolute Gasteiger partial charge is 0.403 e. The molecule has 0 amide bonds. The fourth-order valence-electron chi connectivity index (χ4n) is 1.04. The lowest BCUT2D eigenvalue weighted by Gasteiger charge is -2.16. The third-order valence-corrected chi connectivity index (χ3v) is 1.86. The Hall–Kier alpha value is -1.86. The molecule has 0 spiro atoms. The van der Waals surface area contributed by atoms with Crippen molar-refractivity contribution >= 4 is 5.97 Å². The molecule has 0 aromatic carbocycles. The van der Waals surface area contributed by atoms with Crippen molar-refractivity contribution in [2.75, 3.05) is 0 Å². The molecular weight excluding hydrogens is 229 g/mol. The van der Waals surface area contributed by atoms with Crippen molar-refractivity contribution in [2.24, 2.45) is 5.92 Å². The van der Waals surface area contributed by atoms with Crippen molar-refractivity contribution in [1.82, 2.24) is 9.55 Å². The first-order valence-electron chi connectivity index (χ1n) is 4.13. The molecule has 1 aromatic rings. The van der Waals surface area contributed by atoms with E-state index in [-0.39, 0.29) is 0 Å². The van der Waals surface area contributed by atoms with E-state index in [1.165, 1.54) is 6.07 Å². The van der Waals surface area contributed by atoms with Crippen LogP contribution < -0.4 is 5.69 Å². The van der Waals surface area contributed by atoms with Crippen molar-refractivity contribution in [3.8, 4) is 0 Å². The van der Waals surface area contributed by atoms with E-state index in [4.69, 9.17) is 5.11 Å². The van der Waals surface area contributed by atoms with Gasteiger partial charge in [0.1, 0.15) is 0 Å². The quantitative estimate of drug-likeness (QED) is 0.829. The number of carbonyl (C=O) groups is 1. The van der Waals surface area contributed by atoms with E-state index >= 15 is 0 Å². The van der Waals surface area contributed by atoms with Gasteiger partial charge in [-0.25, -0.2) is 9.78 Å². The Labute approximate surface area is 87.2 Å². The molecule has 0 aliphatic rings. The van der Waals surface area contributed by atoms with Crippen molar-refractivity contribution in [1.29, 1.82) is 0 Å². The van der Waals surface area contributed by atoms with Gasteiger partial charge in [0, 0.05) is 18.9 Å². The molecule has 1 N–H and O–H groups in total. The molecule has 1 aromatic heterocycles. The largest absolute Gasteiger partial charge is 0.481 e. The summed E-state index contributed by atoms with van der Waals surface area (Å²) in [6.45, 7) is -0.981. The Kier molecular flexibility index (Phi) is 3.31. The zero-order chi connectivity index (χ0) is 12.3. The number of rotatable bonds is 3. The number of alkyl halides is 3. The summed E-state index contributed by atoms with van der Waals surface area (Å²) in [5, 5.41) is 8.41. The van der Waals surface area contributed by atoms with Crippen LogP contribution in [0.15, 0.2) is 23.3 Å². The lowest BCUT2D eigenvalue weighted by Crippen LogP contribution is -2.37. The van der Waals surface area contributed by atoms with Crippen molar-refractivity contribution < 1.29 is 23.1 Å². The van der Waals surface area contributed by atoms with Crippen LogP contribution in [0.1, 0.15) is 0 Å². The first-order chi connectivity index (χ1) is 7.32. The standard InChI is InChI=1S/C8H7F3N2O3/c9-8(10,11)5(6(14)15)4-13-3-1-2-12-7(13)16/h1-3,5H,4H2,(H,14,15). The maximum atomic E-state index is 12.3. The van der Waals surface area contributed by atoms with Gasteiger partial charge in [-0.3, -0.25) is 9.36 Å². The molecule has 1 rings (SSSR count). The number of hydrogen-bond acceptors (Lipinski definition) is 3. The van der Waals surface area contributed by atoms with Crippen LogP contribution in [0.25, 0.3) is 0 Å². The SMILES string of the molecule is O=C(O)C(Cn1cccnc1=O)C(F)(F)F. The number of hydrogen-bond donors (Lipinski definition) is 1. The van der Waals surface area contributed by atoms with Gasteiger partial charge >= 0.3 is 17.8 Å². The maximum Gasteiger partial charge on any atom is 0.403 e. The molecule has 0 aliphatic heterocycles. The van der Waals surface area contributed by atoms with E-state index < -0.39 is 30.3 Å². The Morgan fingerprint density at radius 2 is 2.19 bits per heavy atom. The van der Waals surface area contributed by atoms with Gasteiger partial charge in [0.2, 0.25) is 0 Å². The molecule has 8 heteroatoms. The average Bonchev–Trinajstić information content (AvgIpc) is 2.14. The van der Waals surface area contributed by atoms with E-state index in [2.05, 4.69) is 4.98 Å². The second kappa shape index (κ2) is 4.33. The third-order valence-electron chi connectivity index (χ3n) is 1.86. The average molecular weight is 236 g/mol. The monoisotopic (exact) mass is 236 g/mol. The predicted molar refractivity (Wildman–Crippen MR) is 45.7 cm³/mol. The van der Waals surface area contributed by atoms with Crippen LogP contribution in [-0.4, -0.2) is 26.8 Å². The van der Waals surface area contributed by atoms with Gasteiger partial charge in [-0.1, -0.05) is 0 Å². The third kappa shape index (κ3) is 2.81. The molecule has 0 radical (unpaired) electrons. The van der Waals surface area contributed by atoms with Gasteiger partial charge in [-0.2, -0.15) is 13.2 Å². The van der Waals surface area contributed by atoms with Gasteiger partial charge in [0.25, 0.3) is 0 Å². The predicted octanol–water partition coefficient (Wildman–Crippen LogP) is 0.506. The Bertz CT molecular complexity index is 441. The molecule has 1 unspecified atom stereocenters. The lowest BCUT2D eigenvalue weighted by molar-refractivity contribution is -0.196. The zero-order valence-electron chi connectivity index (χ0n) is 7.81. The molecule has 88 valence electrons. The Morgan fingerprint density at radius 1 is 1.56 bits per heavy atom. The molecule has 0 aliphatic carbocycles. The second-order valence-electron chi connectivity index (χ2n) is 2.99. The van der Waals surface area contributed by atoms with Crippen molar-refractivity contribution in [2.45, 2.75) is 12.7 Å². The number of halogens is 3. The topological polar surface area (TPSA) is 72.2 Å². The summed E-state index contributed by atoms with van der Waals surface area (Å²) < 4.78 is 37.4. The minimum Gasteiger partial charge on any atom is -0.481 e. The van der Waals surface area contributed by atoms with Crippen LogP contribution in [-0.2, 0) is 11.3 Å². The molecule has 0 bridgehead atoms. The highest BCUT2D eigenvalue weighted by Crippen LogP contribution is 2.27. The molecule has 0 saturated carbocycles. The second-order valence-corrected chi connectivity index (χ2v) is 2.99. The number of carboxylic acid groups (broad SMARTS) is 1. The van der Waals surface area contributed by atoms with E-state index in [1.54, 1.807) is 0 Å². The van der Waals surface area contributed by atoms with Crippen LogP contribution in [0, 0.1) is 5.92 Å². The fourth-order valence-corrected chi connectivity index (χ4v) is 1.04. The molecule has 16 heavy (non-hydrogen) atoms. The summed E-state index contributed by atoms with van der Waals surface area (Å²) in [6, 6.07) is 1.25. The van der Waals surface area contributed by atoms with Crippen LogP contribution >= 0.6 is 0 Å². The van der Waals surface area contributed by atoms with E-state index in [0.29, 0.717) is 4.57 Å². The van der Waals surface area contributed by atoms with Gasteiger partial charge in [-0.15, -0.1) is 0 Å². The summed E-state index contributed by atoms with van der Waals surface area (Å²) in [4.78, 5) is 24.6. The van der Waals surface area contributed by atoms with Crippen LogP contribution in [0.3, 0.4) is 0 Å². The summed E-state index contributed by atoms with van der Waals surface area (Å²) in [5.41, 5.74) is -0.919. The highest BCUT2D eigenvalue weighted by atomic mass is 19.4. The number of aliphatic carboxylic acids is 1. The fraction of sp³-hybridized carbons (Fsp3) is 0.375. The molecule has 1 atom stereocenters. The highest BCUT2D eigenvalue weighted by molar-refractivity contribution is 5.70. The summed E-state index contributed by atoms with van der Waals surface area (Å²) in [6.07, 6.45) is -2.74. The van der Waals surface area contributed by atoms with Gasteiger partial charge < -0.3 is 5.11 Å². The lowest BCUT2D eigenvalue weighted by atomic mass is 10.1. The first-order valence-corrected chi connectivity index (χ1v) is 4.13. The van der Waals surface area contributed by atoms with Crippen LogP contribution in [0.4, 0.5) is 13.2 Å². The van der Waals surface area contributed by atoms with Crippen molar-refractivity contribution in [3.63, 3.8) is 0 Å². The number of aromatic nitrogens is 2. The minimum atomic E-state index is -4.90. The van der Waals surface area contributed by atoms with Gasteiger partial charge in [0.15, 0.2) is 5.92 Å². The number of nitrogens with zero attached hydrogens (tertiary/aromatic N) is 2. The summed E-state index contributed by atoms with van der Waals surface area (Å²) >= 11 is 0. The highest BCUT2D eigenvalue weighted by Gasteiger charge is 2.45. The van der Waals surface area contributed by atoms with Crippen LogP contribution in [0.5, 0.6) is 0 Å². The van der Waals surface area contributed by atoms with E-state index in [0.717, 1.165) is 12.4 Å².